The summed E-state index contributed by atoms with van der Waals surface area (Å²) in [5.41, 5.74) is 0.998. The summed E-state index contributed by atoms with van der Waals surface area (Å²) >= 11 is 7.71. The van der Waals surface area contributed by atoms with Crippen molar-refractivity contribution in [2.24, 2.45) is 0 Å². The van der Waals surface area contributed by atoms with E-state index in [0.717, 1.165) is 18.8 Å². The highest BCUT2D eigenvalue weighted by molar-refractivity contribution is 7.99. The molecule has 1 aromatic rings. The largest absolute Gasteiger partial charge is 0.293 e. The van der Waals surface area contributed by atoms with Gasteiger partial charge in [-0.3, -0.25) is 9.88 Å². The zero-order valence-electron chi connectivity index (χ0n) is 8.69. The lowest BCUT2D eigenvalue weighted by atomic mass is 10.3. The van der Waals surface area contributed by atoms with E-state index in [1.807, 2.05) is 11.8 Å². The van der Waals surface area contributed by atoms with Gasteiger partial charge in [0.25, 0.3) is 0 Å². The second-order valence-corrected chi connectivity index (χ2v) is 5.26. The summed E-state index contributed by atoms with van der Waals surface area (Å²) in [5, 5.41) is 0.459. The van der Waals surface area contributed by atoms with Crippen molar-refractivity contribution in [2.75, 3.05) is 18.1 Å². The lowest BCUT2D eigenvalue weighted by molar-refractivity contribution is 0.221. The predicted molar refractivity (Wildman–Crippen MR) is 64.2 cm³/mol. The van der Waals surface area contributed by atoms with E-state index in [0.29, 0.717) is 11.2 Å². The van der Waals surface area contributed by atoms with E-state index < -0.39 is 0 Å². The predicted octanol–water partition coefficient (Wildman–Crippen LogP) is 2.07. The molecular weight excluding hydrogens is 230 g/mol. The van der Waals surface area contributed by atoms with Crippen molar-refractivity contribution >= 4 is 23.4 Å². The number of halogens is 1. The maximum atomic E-state index is 5.69. The molecule has 2 heterocycles. The lowest BCUT2D eigenvalue weighted by Crippen LogP contribution is -2.39. The van der Waals surface area contributed by atoms with Crippen LogP contribution in [-0.2, 0) is 6.54 Å². The monoisotopic (exact) mass is 243 g/mol. The molecule has 0 radical (unpaired) electrons. The second-order valence-electron chi connectivity index (χ2n) is 3.72. The summed E-state index contributed by atoms with van der Waals surface area (Å²) in [5.74, 6) is 2.42. The van der Waals surface area contributed by atoms with Gasteiger partial charge in [0.05, 0.1) is 18.1 Å². The molecular formula is C10H14ClN3S. The van der Waals surface area contributed by atoms with E-state index >= 15 is 0 Å². The molecule has 1 aromatic heterocycles. The summed E-state index contributed by atoms with van der Waals surface area (Å²) < 4.78 is 0. The van der Waals surface area contributed by atoms with E-state index in [-0.39, 0.29) is 0 Å². The van der Waals surface area contributed by atoms with Crippen LogP contribution in [0.1, 0.15) is 12.6 Å². The molecule has 0 N–H and O–H groups in total. The minimum Gasteiger partial charge on any atom is -0.293 e. The average Bonchev–Trinajstić information content (AvgIpc) is 2.25. The summed E-state index contributed by atoms with van der Waals surface area (Å²) in [6.07, 6.45) is 3.37. The van der Waals surface area contributed by atoms with Crippen molar-refractivity contribution in [3.05, 3.63) is 23.2 Å². The molecule has 0 spiro atoms. The first kappa shape index (κ1) is 11.2. The van der Waals surface area contributed by atoms with Gasteiger partial charge in [0.1, 0.15) is 5.15 Å². The summed E-state index contributed by atoms with van der Waals surface area (Å²) in [6, 6.07) is 0.626. The topological polar surface area (TPSA) is 29.0 Å². The third-order valence-corrected chi connectivity index (χ3v) is 3.93. The molecule has 1 aliphatic rings. The van der Waals surface area contributed by atoms with Crippen molar-refractivity contribution in [3.63, 3.8) is 0 Å². The molecule has 0 amide bonds. The first-order valence-corrected chi connectivity index (χ1v) is 6.57. The van der Waals surface area contributed by atoms with Gasteiger partial charge in [-0.1, -0.05) is 11.6 Å². The molecule has 1 aliphatic heterocycles. The van der Waals surface area contributed by atoms with E-state index in [1.54, 1.807) is 12.4 Å². The van der Waals surface area contributed by atoms with Gasteiger partial charge in [-0.15, -0.1) is 0 Å². The molecule has 1 fully saturated rings. The Bertz CT molecular complexity index is 317. The molecule has 0 saturated carbocycles. The Morgan fingerprint density at radius 3 is 3.07 bits per heavy atom. The average molecular weight is 244 g/mol. The van der Waals surface area contributed by atoms with Crippen LogP contribution in [0.2, 0.25) is 5.15 Å². The Balaban J connectivity index is 1.98. The Morgan fingerprint density at radius 1 is 1.53 bits per heavy atom. The summed E-state index contributed by atoms with van der Waals surface area (Å²) in [6.45, 7) is 4.28. The minimum atomic E-state index is 0.459. The van der Waals surface area contributed by atoms with Gasteiger partial charge in [0.15, 0.2) is 0 Å². The van der Waals surface area contributed by atoms with Gasteiger partial charge in [0, 0.05) is 30.6 Å². The molecule has 0 bridgehead atoms. The van der Waals surface area contributed by atoms with Crippen molar-refractivity contribution in [2.45, 2.75) is 19.5 Å². The molecule has 2 rings (SSSR count). The van der Waals surface area contributed by atoms with Crippen LogP contribution in [0.4, 0.5) is 0 Å². The van der Waals surface area contributed by atoms with Gasteiger partial charge in [-0.05, 0) is 6.92 Å². The van der Waals surface area contributed by atoms with E-state index in [4.69, 9.17) is 11.6 Å². The number of hydrogen-bond donors (Lipinski definition) is 0. The van der Waals surface area contributed by atoms with Crippen molar-refractivity contribution < 1.29 is 0 Å². The van der Waals surface area contributed by atoms with Crippen LogP contribution < -0.4 is 0 Å². The molecule has 0 aliphatic carbocycles. The van der Waals surface area contributed by atoms with Crippen LogP contribution in [0.15, 0.2) is 12.4 Å². The third-order valence-electron chi connectivity index (χ3n) is 2.54. The fraction of sp³-hybridized carbons (Fsp3) is 0.600. The SMILES string of the molecule is CC1CSCCN1Cc1cnc(Cl)cn1. The second kappa shape index (κ2) is 5.14. The summed E-state index contributed by atoms with van der Waals surface area (Å²) in [4.78, 5) is 10.7. The number of aromatic nitrogens is 2. The Kier molecular flexibility index (Phi) is 3.83. The molecule has 1 atom stereocenters. The fourth-order valence-corrected chi connectivity index (χ4v) is 2.80. The quantitative estimate of drug-likeness (QED) is 0.795. The van der Waals surface area contributed by atoms with Crippen molar-refractivity contribution in [3.8, 4) is 0 Å². The maximum absolute atomic E-state index is 5.69. The Hall–Kier alpha value is -0.320. The van der Waals surface area contributed by atoms with Gasteiger partial charge in [0.2, 0.25) is 0 Å². The molecule has 15 heavy (non-hydrogen) atoms. The number of nitrogens with zero attached hydrogens (tertiary/aromatic N) is 3. The highest BCUT2D eigenvalue weighted by Gasteiger charge is 2.18. The minimum absolute atomic E-state index is 0.459. The van der Waals surface area contributed by atoms with Gasteiger partial charge in [-0.25, -0.2) is 4.98 Å². The zero-order chi connectivity index (χ0) is 10.7. The standard InChI is InChI=1S/C10H14ClN3S/c1-8-7-15-3-2-14(8)6-9-4-13-10(11)5-12-9/h4-5,8H,2-3,6-7H2,1H3. The van der Waals surface area contributed by atoms with Crippen LogP contribution in [-0.4, -0.2) is 39.0 Å². The van der Waals surface area contributed by atoms with E-state index in [2.05, 4.69) is 21.8 Å². The van der Waals surface area contributed by atoms with Crippen LogP contribution in [0.25, 0.3) is 0 Å². The highest BCUT2D eigenvalue weighted by Crippen LogP contribution is 2.17. The van der Waals surface area contributed by atoms with Crippen LogP contribution in [0.3, 0.4) is 0 Å². The fourth-order valence-electron chi connectivity index (χ4n) is 1.63. The normalized spacial score (nSPS) is 22.9. The first-order chi connectivity index (χ1) is 7.25. The van der Waals surface area contributed by atoms with Gasteiger partial charge < -0.3 is 0 Å². The molecule has 1 saturated heterocycles. The molecule has 5 heteroatoms. The van der Waals surface area contributed by atoms with Gasteiger partial charge >= 0.3 is 0 Å². The molecule has 1 unspecified atom stereocenters. The molecule has 82 valence electrons. The van der Waals surface area contributed by atoms with E-state index in [1.165, 1.54) is 11.5 Å². The smallest absolute Gasteiger partial charge is 0.147 e. The van der Waals surface area contributed by atoms with Crippen LogP contribution >= 0.6 is 23.4 Å². The Labute approximate surface area is 99.2 Å². The van der Waals surface area contributed by atoms with Gasteiger partial charge in [-0.2, -0.15) is 11.8 Å². The third kappa shape index (κ3) is 3.06. The summed E-state index contributed by atoms with van der Waals surface area (Å²) in [7, 11) is 0. The van der Waals surface area contributed by atoms with Crippen molar-refractivity contribution in [1.29, 1.82) is 0 Å². The number of thioether (sulfide) groups is 1. The maximum Gasteiger partial charge on any atom is 0.147 e. The molecule has 0 aromatic carbocycles. The number of rotatable bonds is 2. The lowest BCUT2D eigenvalue weighted by Gasteiger charge is -2.32. The zero-order valence-corrected chi connectivity index (χ0v) is 10.3. The first-order valence-electron chi connectivity index (χ1n) is 5.04. The van der Waals surface area contributed by atoms with E-state index in [9.17, 15) is 0 Å². The number of hydrogen-bond acceptors (Lipinski definition) is 4. The Morgan fingerprint density at radius 2 is 2.40 bits per heavy atom. The van der Waals surface area contributed by atoms with Crippen LogP contribution in [0, 0.1) is 0 Å². The highest BCUT2D eigenvalue weighted by atomic mass is 35.5. The molecule has 3 nitrogen and oxygen atoms in total. The van der Waals surface area contributed by atoms with Crippen molar-refractivity contribution in [1.82, 2.24) is 14.9 Å². The van der Waals surface area contributed by atoms with Crippen LogP contribution in [0.5, 0.6) is 0 Å².